The molecule has 0 unspecified atom stereocenters. The normalized spacial score (nSPS) is 12.2. The SMILES string of the molecule is CNC(=O)[C@H](C)N(Cc1ccc(OC)cc1)C(=O)CN(c1ccc(C(C)C)cc1)S(C)(=O)=O. The van der Waals surface area contributed by atoms with Crippen LogP contribution in [-0.2, 0) is 26.2 Å². The van der Waals surface area contributed by atoms with E-state index in [0.717, 1.165) is 21.7 Å². The van der Waals surface area contributed by atoms with Gasteiger partial charge in [0.1, 0.15) is 18.3 Å². The number of benzene rings is 2. The van der Waals surface area contributed by atoms with Gasteiger partial charge in [-0.15, -0.1) is 0 Å². The summed E-state index contributed by atoms with van der Waals surface area (Å²) in [5, 5.41) is 2.55. The van der Waals surface area contributed by atoms with Gasteiger partial charge in [-0.25, -0.2) is 8.42 Å². The van der Waals surface area contributed by atoms with Gasteiger partial charge in [-0.1, -0.05) is 38.1 Å². The second-order valence-electron chi connectivity index (χ2n) is 8.18. The molecule has 0 radical (unpaired) electrons. The van der Waals surface area contributed by atoms with Gasteiger partial charge in [-0.05, 0) is 48.2 Å². The Bertz CT molecular complexity index is 1050. The molecule has 0 spiro atoms. The second kappa shape index (κ2) is 11.2. The van der Waals surface area contributed by atoms with Crippen molar-refractivity contribution in [2.24, 2.45) is 0 Å². The average molecular weight is 476 g/mol. The van der Waals surface area contributed by atoms with Gasteiger partial charge in [0.15, 0.2) is 0 Å². The first-order valence-corrected chi connectivity index (χ1v) is 12.5. The third kappa shape index (κ3) is 6.95. The summed E-state index contributed by atoms with van der Waals surface area (Å²) in [6, 6.07) is 13.4. The van der Waals surface area contributed by atoms with Crippen LogP contribution in [-0.4, -0.2) is 58.1 Å². The molecule has 180 valence electrons. The van der Waals surface area contributed by atoms with Gasteiger partial charge in [0.05, 0.1) is 19.1 Å². The Labute approximate surface area is 196 Å². The Morgan fingerprint density at radius 2 is 1.58 bits per heavy atom. The number of ether oxygens (including phenoxy) is 1. The fraction of sp³-hybridized carbons (Fsp3) is 0.417. The Hall–Kier alpha value is -3.07. The molecule has 9 heteroatoms. The zero-order valence-electron chi connectivity index (χ0n) is 20.0. The number of hydrogen-bond acceptors (Lipinski definition) is 5. The zero-order valence-corrected chi connectivity index (χ0v) is 20.8. The molecule has 33 heavy (non-hydrogen) atoms. The summed E-state index contributed by atoms with van der Waals surface area (Å²) >= 11 is 0. The van der Waals surface area contributed by atoms with Crippen LogP contribution in [0.5, 0.6) is 5.75 Å². The van der Waals surface area contributed by atoms with Crippen molar-refractivity contribution < 1.29 is 22.7 Å². The van der Waals surface area contributed by atoms with Gasteiger partial charge in [0.2, 0.25) is 21.8 Å². The van der Waals surface area contributed by atoms with Gasteiger partial charge in [-0.2, -0.15) is 0 Å². The molecule has 1 N–H and O–H groups in total. The first-order valence-electron chi connectivity index (χ1n) is 10.7. The minimum atomic E-state index is -3.74. The third-order valence-corrected chi connectivity index (χ3v) is 6.59. The fourth-order valence-electron chi connectivity index (χ4n) is 3.36. The fourth-order valence-corrected chi connectivity index (χ4v) is 4.21. The molecule has 0 aliphatic carbocycles. The molecule has 0 aliphatic rings. The first-order chi connectivity index (χ1) is 15.5. The summed E-state index contributed by atoms with van der Waals surface area (Å²) in [7, 11) is -0.689. The summed E-state index contributed by atoms with van der Waals surface area (Å²) < 4.78 is 31.4. The highest BCUT2D eigenvalue weighted by molar-refractivity contribution is 7.92. The summed E-state index contributed by atoms with van der Waals surface area (Å²) in [6.45, 7) is 5.43. The van der Waals surface area contributed by atoms with Crippen molar-refractivity contribution in [3.05, 3.63) is 59.7 Å². The number of hydrogen-bond donors (Lipinski definition) is 1. The number of amides is 2. The maximum Gasteiger partial charge on any atom is 0.244 e. The highest BCUT2D eigenvalue weighted by Gasteiger charge is 2.29. The minimum absolute atomic E-state index is 0.140. The predicted molar refractivity (Wildman–Crippen MR) is 130 cm³/mol. The second-order valence-corrected chi connectivity index (χ2v) is 10.1. The molecule has 0 aromatic heterocycles. The van der Waals surface area contributed by atoms with Crippen molar-refractivity contribution in [2.75, 3.05) is 31.3 Å². The van der Waals surface area contributed by atoms with E-state index in [2.05, 4.69) is 5.32 Å². The smallest absolute Gasteiger partial charge is 0.244 e. The number of rotatable bonds is 10. The molecule has 8 nitrogen and oxygen atoms in total. The molecule has 1 atom stereocenters. The van der Waals surface area contributed by atoms with Crippen LogP contribution in [0.15, 0.2) is 48.5 Å². The van der Waals surface area contributed by atoms with Crippen LogP contribution in [0.1, 0.15) is 37.8 Å². The molecule has 2 amide bonds. The number of nitrogens with zero attached hydrogens (tertiary/aromatic N) is 2. The van der Waals surface area contributed by atoms with Crippen molar-refractivity contribution >= 4 is 27.5 Å². The van der Waals surface area contributed by atoms with E-state index in [1.807, 2.05) is 26.0 Å². The van der Waals surface area contributed by atoms with Gasteiger partial charge in [-0.3, -0.25) is 13.9 Å². The molecule has 0 saturated carbocycles. The summed E-state index contributed by atoms with van der Waals surface area (Å²) in [4.78, 5) is 27.1. The molecule has 0 aliphatic heterocycles. The van der Waals surface area contributed by atoms with Gasteiger partial charge >= 0.3 is 0 Å². The maximum atomic E-state index is 13.4. The Morgan fingerprint density at radius 1 is 1.00 bits per heavy atom. The van der Waals surface area contributed by atoms with E-state index < -0.39 is 28.5 Å². The number of carbonyl (C=O) groups excluding carboxylic acids is 2. The molecule has 2 aromatic carbocycles. The molecule has 0 bridgehead atoms. The maximum absolute atomic E-state index is 13.4. The number of carbonyl (C=O) groups is 2. The van der Waals surface area contributed by atoms with E-state index >= 15 is 0 Å². The van der Waals surface area contributed by atoms with Crippen LogP contribution in [0.2, 0.25) is 0 Å². The minimum Gasteiger partial charge on any atom is -0.497 e. The number of methoxy groups -OCH3 is 1. The average Bonchev–Trinajstić information content (AvgIpc) is 2.79. The van der Waals surface area contributed by atoms with Crippen LogP contribution < -0.4 is 14.4 Å². The van der Waals surface area contributed by atoms with Crippen LogP contribution >= 0.6 is 0 Å². The Kier molecular flexibility index (Phi) is 8.87. The predicted octanol–water partition coefficient (Wildman–Crippen LogP) is 2.75. The van der Waals surface area contributed by atoms with Crippen LogP contribution in [0, 0.1) is 0 Å². The van der Waals surface area contributed by atoms with Gasteiger partial charge in [0, 0.05) is 13.6 Å². The third-order valence-electron chi connectivity index (χ3n) is 5.45. The van der Waals surface area contributed by atoms with Crippen molar-refractivity contribution in [3.63, 3.8) is 0 Å². The molecular weight excluding hydrogens is 442 g/mol. The van der Waals surface area contributed by atoms with E-state index in [4.69, 9.17) is 4.74 Å². The lowest BCUT2D eigenvalue weighted by Gasteiger charge is -2.31. The van der Waals surface area contributed by atoms with Crippen molar-refractivity contribution in [1.29, 1.82) is 0 Å². The van der Waals surface area contributed by atoms with E-state index in [-0.39, 0.29) is 12.5 Å². The van der Waals surface area contributed by atoms with E-state index in [9.17, 15) is 18.0 Å². The topological polar surface area (TPSA) is 96.0 Å². The zero-order chi connectivity index (χ0) is 24.8. The number of sulfonamides is 1. The van der Waals surface area contributed by atoms with Crippen LogP contribution in [0.3, 0.4) is 0 Å². The lowest BCUT2D eigenvalue weighted by Crippen LogP contribution is -2.50. The summed E-state index contributed by atoms with van der Waals surface area (Å²) in [6.07, 6.45) is 1.06. The summed E-state index contributed by atoms with van der Waals surface area (Å²) in [5.74, 6) is 0.133. The first kappa shape index (κ1) is 26.2. The van der Waals surface area contributed by atoms with Crippen molar-refractivity contribution in [2.45, 2.75) is 39.3 Å². The standard InChI is InChI=1S/C24H33N3O5S/c1-17(2)20-9-11-21(12-10-20)27(33(6,30)31)16-23(28)26(18(3)24(29)25-4)15-19-7-13-22(32-5)14-8-19/h7-14,17-18H,15-16H2,1-6H3,(H,25,29)/t18-/m0/s1. The highest BCUT2D eigenvalue weighted by Crippen LogP contribution is 2.23. The summed E-state index contributed by atoms with van der Waals surface area (Å²) in [5.41, 5.74) is 2.24. The molecular formula is C24H33N3O5S. The highest BCUT2D eigenvalue weighted by atomic mass is 32.2. The molecule has 2 aromatic rings. The number of likely N-dealkylation sites (N-methyl/N-ethyl adjacent to an activating group) is 1. The molecule has 0 fully saturated rings. The molecule has 0 heterocycles. The largest absolute Gasteiger partial charge is 0.497 e. The van der Waals surface area contributed by atoms with E-state index in [1.54, 1.807) is 50.4 Å². The number of anilines is 1. The van der Waals surface area contributed by atoms with Gasteiger partial charge < -0.3 is 15.0 Å². The Morgan fingerprint density at radius 3 is 2.03 bits per heavy atom. The lowest BCUT2D eigenvalue weighted by molar-refractivity contribution is -0.139. The van der Waals surface area contributed by atoms with Crippen molar-refractivity contribution in [3.8, 4) is 5.75 Å². The van der Waals surface area contributed by atoms with Crippen LogP contribution in [0.25, 0.3) is 0 Å². The number of nitrogens with one attached hydrogen (secondary N) is 1. The molecule has 0 saturated heterocycles. The monoisotopic (exact) mass is 475 g/mol. The molecule has 2 rings (SSSR count). The van der Waals surface area contributed by atoms with E-state index in [1.165, 1.54) is 11.9 Å². The lowest BCUT2D eigenvalue weighted by atomic mass is 10.0. The van der Waals surface area contributed by atoms with Crippen LogP contribution in [0.4, 0.5) is 5.69 Å². The van der Waals surface area contributed by atoms with Gasteiger partial charge in [0.25, 0.3) is 0 Å². The van der Waals surface area contributed by atoms with E-state index in [0.29, 0.717) is 17.4 Å². The van der Waals surface area contributed by atoms with Crippen molar-refractivity contribution in [1.82, 2.24) is 10.2 Å². The quantitative estimate of drug-likeness (QED) is 0.570. The Balaban J connectivity index is 2.35.